The molecule has 1 saturated heterocycles. The molecule has 9 heteroatoms. The van der Waals surface area contributed by atoms with Crippen molar-refractivity contribution < 1.29 is 28.9 Å². The Bertz CT molecular complexity index is 1430. The molecule has 3 aromatic carbocycles. The van der Waals surface area contributed by atoms with E-state index in [1.54, 1.807) is 47.4 Å². The summed E-state index contributed by atoms with van der Waals surface area (Å²) in [4.78, 5) is 29.4. The average Bonchev–Trinajstić information content (AvgIpc) is 3.01. The predicted octanol–water partition coefficient (Wildman–Crippen LogP) is 3.82. The number of fused-ring (bicyclic) bond motifs is 4. The van der Waals surface area contributed by atoms with Crippen molar-refractivity contribution >= 4 is 17.5 Å². The number of aliphatic hydroxyl groups is 2. The van der Waals surface area contributed by atoms with Crippen molar-refractivity contribution in [2.45, 2.75) is 37.8 Å². The summed E-state index contributed by atoms with van der Waals surface area (Å²) in [6.45, 7) is 0.791. The number of piperidine rings is 1. The van der Waals surface area contributed by atoms with Crippen LogP contribution in [0, 0.1) is 11.7 Å². The summed E-state index contributed by atoms with van der Waals surface area (Å²) in [5.41, 5.74) is 7.31. The van der Waals surface area contributed by atoms with Gasteiger partial charge in [-0.2, -0.15) is 0 Å². The van der Waals surface area contributed by atoms with Crippen molar-refractivity contribution in [1.82, 2.24) is 4.90 Å². The van der Waals surface area contributed by atoms with E-state index in [0.29, 0.717) is 67.0 Å². The fourth-order valence-corrected chi connectivity index (χ4v) is 6.25. The fourth-order valence-electron chi connectivity index (χ4n) is 6.25. The zero-order valence-corrected chi connectivity index (χ0v) is 23.2. The first kappa shape index (κ1) is 28.7. The number of ether oxygens (including phenoxy) is 1. The van der Waals surface area contributed by atoms with E-state index in [0.717, 1.165) is 5.56 Å². The lowest BCUT2D eigenvalue weighted by atomic mass is 9.71. The number of carbonyl (C=O) groups excluding carboxylic acids is 2. The van der Waals surface area contributed by atoms with Gasteiger partial charge in [-0.25, -0.2) is 4.39 Å². The molecule has 8 nitrogen and oxygen atoms in total. The van der Waals surface area contributed by atoms with Gasteiger partial charge in [-0.1, -0.05) is 24.3 Å². The molecule has 2 aliphatic heterocycles. The molecule has 0 radical (unpaired) electrons. The number of rotatable bonds is 5. The van der Waals surface area contributed by atoms with Crippen molar-refractivity contribution in [2.75, 3.05) is 38.3 Å². The van der Waals surface area contributed by atoms with Gasteiger partial charge in [0.1, 0.15) is 18.2 Å². The summed E-state index contributed by atoms with van der Waals surface area (Å²) in [6, 6.07) is 16.9. The number of halogens is 1. The molecule has 2 atom stereocenters. The molecular weight excluding hydrogens is 525 g/mol. The molecule has 0 saturated carbocycles. The molecule has 2 heterocycles. The number of likely N-dealkylation sites (tertiary alicyclic amines) is 1. The second-order valence-corrected chi connectivity index (χ2v) is 10.8. The van der Waals surface area contributed by atoms with E-state index in [4.69, 9.17) is 10.5 Å². The highest BCUT2D eigenvalue weighted by Crippen LogP contribution is 2.46. The molecule has 0 aromatic heterocycles. The normalized spacial score (nSPS) is 20.8. The van der Waals surface area contributed by atoms with Gasteiger partial charge in [-0.15, -0.1) is 0 Å². The highest BCUT2D eigenvalue weighted by molar-refractivity contribution is 5.95. The Morgan fingerprint density at radius 3 is 2.59 bits per heavy atom. The second kappa shape index (κ2) is 12.0. The Labute approximate surface area is 239 Å². The predicted molar refractivity (Wildman–Crippen MR) is 154 cm³/mol. The van der Waals surface area contributed by atoms with Crippen molar-refractivity contribution in [2.24, 2.45) is 11.7 Å². The summed E-state index contributed by atoms with van der Waals surface area (Å²) < 4.78 is 21.2. The summed E-state index contributed by atoms with van der Waals surface area (Å²) in [6.07, 6.45) is 1.95. The molecule has 1 unspecified atom stereocenters. The maximum Gasteiger partial charge on any atom is 0.253 e. The van der Waals surface area contributed by atoms with Crippen LogP contribution in [0.1, 0.15) is 47.2 Å². The van der Waals surface area contributed by atoms with Gasteiger partial charge in [-0.3, -0.25) is 9.59 Å². The molecule has 2 bridgehead atoms. The third-order valence-electron chi connectivity index (χ3n) is 8.40. The highest BCUT2D eigenvalue weighted by atomic mass is 19.1. The lowest BCUT2D eigenvalue weighted by Gasteiger charge is -2.44. The van der Waals surface area contributed by atoms with Crippen molar-refractivity contribution in [1.29, 1.82) is 0 Å². The number of aliphatic hydroxyl groups excluding tert-OH is 1. The van der Waals surface area contributed by atoms with Gasteiger partial charge in [0.15, 0.2) is 0 Å². The third-order valence-corrected chi connectivity index (χ3v) is 8.40. The molecule has 41 heavy (non-hydrogen) atoms. The molecule has 2 amide bonds. The average molecular weight is 562 g/mol. The quantitative estimate of drug-likeness (QED) is 0.436. The minimum absolute atomic E-state index is 0.127. The molecule has 216 valence electrons. The molecule has 5 rings (SSSR count). The maximum absolute atomic E-state index is 15.7. The molecule has 3 aromatic rings. The SMILES string of the molecule is COc1cc2cc(c1)N(C(=O)CO)CCCC(O)([C@@H]1CCCN(C(=O)c3ccc(CN)cc3)C1)c1cccc(F)c1-2. The molecule has 0 spiro atoms. The molecule has 2 aliphatic rings. The zero-order chi connectivity index (χ0) is 29.1. The van der Waals surface area contributed by atoms with Gasteiger partial charge in [0.05, 0.1) is 12.7 Å². The Kier molecular flexibility index (Phi) is 8.40. The van der Waals surface area contributed by atoms with E-state index < -0.39 is 23.9 Å². The smallest absolute Gasteiger partial charge is 0.253 e. The standard InChI is InChI=1S/C32H36FN3O5/c1-41-26-16-23-15-25(17-26)36(29(38)20-37)14-4-12-32(40,27-6-2-7-28(33)30(23)27)24-5-3-13-35(19-24)31(39)22-10-8-21(18-34)9-11-22/h2,6-11,15-17,24,37,40H,3-5,12-14,18-20,34H2,1H3/t24-,32?/m1/s1. The van der Waals surface area contributed by atoms with Crippen LogP contribution in [0.5, 0.6) is 5.75 Å². The van der Waals surface area contributed by atoms with Gasteiger partial charge >= 0.3 is 0 Å². The molecular formula is C32H36FN3O5. The van der Waals surface area contributed by atoms with Crippen LogP contribution >= 0.6 is 0 Å². The van der Waals surface area contributed by atoms with Crippen LogP contribution in [0.15, 0.2) is 60.7 Å². The van der Waals surface area contributed by atoms with Crippen LogP contribution in [0.3, 0.4) is 0 Å². The van der Waals surface area contributed by atoms with Gasteiger partial charge in [0.2, 0.25) is 0 Å². The lowest BCUT2D eigenvalue weighted by Crippen LogP contribution is -2.49. The second-order valence-electron chi connectivity index (χ2n) is 10.8. The van der Waals surface area contributed by atoms with E-state index >= 15 is 4.39 Å². The Hall–Kier alpha value is -3.79. The minimum atomic E-state index is -1.49. The number of nitrogens with two attached hydrogens (primary N) is 1. The molecule has 4 N–H and O–H groups in total. The first-order valence-corrected chi connectivity index (χ1v) is 14.0. The van der Waals surface area contributed by atoms with Crippen molar-refractivity contribution in [3.63, 3.8) is 0 Å². The Morgan fingerprint density at radius 1 is 1.10 bits per heavy atom. The van der Waals surface area contributed by atoms with Crippen LogP contribution in [0.4, 0.5) is 10.1 Å². The van der Waals surface area contributed by atoms with Gasteiger partial charge in [0, 0.05) is 55.0 Å². The number of amides is 2. The van der Waals surface area contributed by atoms with E-state index in [1.165, 1.54) is 18.1 Å². The van der Waals surface area contributed by atoms with E-state index in [2.05, 4.69) is 0 Å². The Balaban J connectivity index is 1.57. The number of carbonyl (C=O) groups is 2. The van der Waals surface area contributed by atoms with E-state index in [1.807, 2.05) is 12.1 Å². The van der Waals surface area contributed by atoms with E-state index in [9.17, 15) is 19.8 Å². The lowest BCUT2D eigenvalue weighted by molar-refractivity contribution is -0.121. The fraction of sp³-hybridized carbons (Fsp3) is 0.375. The number of benzene rings is 3. The first-order chi connectivity index (χ1) is 19.8. The summed E-state index contributed by atoms with van der Waals surface area (Å²) in [5.74, 6) is -1.10. The van der Waals surface area contributed by atoms with Gasteiger partial charge in [-0.05, 0) is 72.7 Å². The summed E-state index contributed by atoms with van der Waals surface area (Å²) >= 11 is 0. The van der Waals surface area contributed by atoms with Gasteiger partial charge < -0.3 is 30.5 Å². The van der Waals surface area contributed by atoms with Gasteiger partial charge in [0.25, 0.3) is 11.8 Å². The topological polar surface area (TPSA) is 116 Å². The number of anilines is 1. The summed E-state index contributed by atoms with van der Waals surface area (Å²) in [5, 5.41) is 22.2. The van der Waals surface area contributed by atoms with Crippen LogP contribution in [-0.2, 0) is 16.9 Å². The number of hydrogen-bond acceptors (Lipinski definition) is 6. The monoisotopic (exact) mass is 561 g/mol. The molecule has 1 fully saturated rings. The third kappa shape index (κ3) is 5.57. The van der Waals surface area contributed by atoms with Crippen LogP contribution in [0.25, 0.3) is 11.1 Å². The number of methoxy groups -OCH3 is 1. The zero-order valence-electron chi connectivity index (χ0n) is 23.2. The number of hydrogen-bond donors (Lipinski definition) is 3. The van der Waals surface area contributed by atoms with Crippen LogP contribution in [-0.4, -0.2) is 60.3 Å². The minimum Gasteiger partial charge on any atom is -0.497 e. The number of nitrogens with zero attached hydrogens (tertiary/aromatic N) is 2. The van der Waals surface area contributed by atoms with Crippen LogP contribution < -0.4 is 15.4 Å². The van der Waals surface area contributed by atoms with E-state index in [-0.39, 0.29) is 30.4 Å². The summed E-state index contributed by atoms with van der Waals surface area (Å²) in [7, 11) is 1.49. The largest absolute Gasteiger partial charge is 0.497 e. The highest BCUT2D eigenvalue weighted by Gasteiger charge is 2.43. The van der Waals surface area contributed by atoms with Crippen molar-refractivity contribution in [3.05, 3.63) is 83.2 Å². The molecule has 0 aliphatic carbocycles. The van der Waals surface area contributed by atoms with Crippen molar-refractivity contribution in [3.8, 4) is 16.9 Å². The maximum atomic E-state index is 15.7. The first-order valence-electron chi connectivity index (χ1n) is 14.0. The van der Waals surface area contributed by atoms with Crippen LogP contribution in [0.2, 0.25) is 0 Å². The Morgan fingerprint density at radius 2 is 1.88 bits per heavy atom.